The van der Waals surface area contributed by atoms with Crippen molar-refractivity contribution >= 4 is 0 Å². The number of aryl methyl sites for hydroxylation is 1. The van der Waals surface area contributed by atoms with Gasteiger partial charge in [-0.25, -0.2) is 9.97 Å². The second-order valence-corrected chi connectivity index (χ2v) is 3.36. The summed E-state index contributed by atoms with van der Waals surface area (Å²) in [7, 11) is 3.84. The van der Waals surface area contributed by atoms with E-state index in [-0.39, 0.29) is 0 Å². The van der Waals surface area contributed by atoms with Crippen LogP contribution in [-0.4, -0.2) is 31.8 Å². The van der Waals surface area contributed by atoms with Crippen molar-refractivity contribution in [3.63, 3.8) is 0 Å². The Morgan fingerprint density at radius 3 is 3.07 bits per heavy atom. The average Bonchev–Trinajstić information content (AvgIpc) is 2.79. The number of hydrogen-bond donors (Lipinski definition) is 2. The van der Waals surface area contributed by atoms with Gasteiger partial charge < -0.3 is 9.88 Å². The van der Waals surface area contributed by atoms with Gasteiger partial charge in [-0.3, -0.25) is 5.10 Å². The summed E-state index contributed by atoms with van der Waals surface area (Å²) in [6.07, 6.45) is 4.38. The molecule has 0 spiro atoms. The van der Waals surface area contributed by atoms with E-state index < -0.39 is 0 Å². The predicted octanol–water partition coefficient (Wildman–Crippen LogP) is -0.152. The zero-order valence-electron chi connectivity index (χ0n) is 8.86. The first-order valence-corrected chi connectivity index (χ1v) is 4.80. The first kappa shape index (κ1) is 9.85. The monoisotopic (exact) mass is 206 g/mol. The highest BCUT2D eigenvalue weighted by Crippen LogP contribution is 2.02. The Morgan fingerprint density at radius 1 is 1.53 bits per heavy atom. The molecular formula is C9H14N6. The molecule has 0 fully saturated rings. The largest absolute Gasteiger partial charge is 0.338 e. The summed E-state index contributed by atoms with van der Waals surface area (Å²) in [4.78, 5) is 8.56. The van der Waals surface area contributed by atoms with Crippen molar-refractivity contribution < 1.29 is 0 Å². The van der Waals surface area contributed by atoms with Gasteiger partial charge in [0, 0.05) is 19.4 Å². The van der Waals surface area contributed by atoms with Crippen LogP contribution in [0.25, 0.3) is 0 Å². The highest BCUT2D eigenvalue weighted by atomic mass is 15.2. The van der Waals surface area contributed by atoms with Crippen molar-refractivity contribution in [2.24, 2.45) is 7.05 Å². The average molecular weight is 206 g/mol. The Morgan fingerprint density at radius 2 is 2.40 bits per heavy atom. The molecule has 2 N–H and O–H groups in total. The molecular weight excluding hydrogens is 192 g/mol. The maximum Gasteiger partial charge on any atom is 0.164 e. The van der Waals surface area contributed by atoms with E-state index in [1.54, 1.807) is 6.20 Å². The van der Waals surface area contributed by atoms with Crippen molar-refractivity contribution in [3.05, 3.63) is 29.9 Å². The molecule has 2 aromatic heterocycles. The molecule has 2 rings (SSSR count). The summed E-state index contributed by atoms with van der Waals surface area (Å²) in [6.45, 7) is 0.678. The Bertz CT molecular complexity index is 429. The van der Waals surface area contributed by atoms with Gasteiger partial charge in [0.25, 0.3) is 0 Å². The molecule has 15 heavy (non-hydrogen) atoms. The van der Waals surface area contributed by atoms with E-state index >= 15 is 0 Å². The summed E-state index contributed by atoms with van der Waals surface area (Å²) >= 11 is 0. The third-order valence-corrected chi connectivity index (χ3v) is 2.16. The molecule has 0 radical (unpaired) electrons. The minimum absolute atomic E-state index is 0.678. The van der Waals surface area contributed by atoms with Crippen LogP contribution >= 0.6 is 0 Å². The number of aromatic amines is 1. The molecule has 6 nitrogen and oxygen atoms in total. The quantitative estimate of drug-likeness (QED) is 0.729. The molecule has 6 heteroatoms. The lowest BCUT2D eigenvalue weighted by atomic mass is 10.4. The lowest BCUT2D eigenvalue weighted by Gasteiger charge is -1.97. The number of aromatic nitrogens is 5. The van der Waals surface area contributed by atoms with E-state index in [4.69, 9.17) is 0 Å². The summed E-state index contributed by atoms with van der Waals surface area (Å²) < 4.78 is 1.97. The molecule has 2 aromatic rings. The van der Waals surface area contributed by atoms with Gasteiger partial charge in [0.05, 0.1) is 13.0 Å². The highest BCUT2D eigenvalue weighted by Gasteiger charge is 2.06. The fraction of sp³-hybridized carbons (Fsp3) is 0.444. The van der Waals surface area contributed by atoms with Crippen LogP contribution in [-0.2, 0) is 20.0 Å². The molecule has 0 amide bonds. The lowest BCUT2D eigenvalue weighted by molar-refractivity contribution is 0.762. The van der Waals surface area contributed by atoms with Crippen molar-refractivity contribution in [2.75, 3.05) is 7.05 Å². The van der Waals surface area contributed by atoms with Crippen LogP contribution in [0.5, 0.6) is 0 Å². The van der Waals surface area contributed by atoms with Gasteiger partial charge in [-0.1, -0.05) is 0 Å². The van der Waals surface area contributed by atoms with E-state index in [9.17, 15) is 0 Å². The van der Waals surface area contributed by atoms with Crippen LogP contribution in [0.1, 0.15) is 17.5 Å². The van der Waals surface area contributed by atoms with Crippen molar-refractivity contribution in [1.82, 2.24) is 30.0 Å². The van der Waals surface area contributed by atoms with Crippen LogP contribution in [0.4, 0.5) is 0 Å². The minimum Gasteiger partial charge on any atom is -0.338 e. The number of imidazole rings is 1. The summed E-state index contributed by atoms with van der Waals surface area (Å²) in [6, 6.07) is 0. The van der Waals surface area contributed by atoms with Crippen LogP contribution in [0, 0.1) is 0 Å². The molecule has 0 saturated carbocycles. The standard InChI is InChI=1S/C9H14N6/c1-10-6-8-12-7(13-14-8)5-9-11-3-4-15(9)2/h3-4,10H,5-6H2,1-2H3,(H,12,13,14). The van der Waals surface area contributed by atoms with Gasteiger partial charge in [0.1, 0.15) is 11.6 Å². The first-order chi connectivity index (χ1) is 7.29. The molecule has 80 valence electrons. The second kappa shape index (κ2) is 4.22. The van der Waals surface area contributed by atoms with Gasteiger partial charge in [0.15, 0.2) is 5.82 Å². The van der Waals surface area contributed by atoms with E-state index in [1.807, 2.05) is 24.9 Å². The molecule has 0 aliphatic heterocycles. The van der Waals surface area contributed by atoms with Crippen molar-refractivity contribution in [2.45, 2.75) is 13.0 Å². The Balaban J connectivity index is 2.08. The third-order valence-electron chi connectivity index (χ3n) is 2.16. The van der Waals surface area contributed by atoms with Crippen molar-refractivity contribution in [3.8, 4) is 0 Å². The van der Waals surface area contributed by atoms with Gasteiger partial charge >= 0.3 is 0 Å². The van der Waals surface area contributed by atoms with Gasteiger partial charge in [0.2, 0.25) is 0 Å². The molecule has 0 atom stereocenters. The van der Waals surface area contributed by atoms with E-state index in [1.165, 1.54) is 0 Å². The molecule has 0 aromatic carbocycles. The minimum atomic E-state index is 0.678. The SMILES string of the molecule is CNCc1n[nH]c(Cc2nccn2C)n1. The van der Waals surface area contributed by atoms with Gasteiger partial charge in [-0.15, -0.1) is 0 Å². The lowest BCUT2D eigenvalue weighted by Crippen LogP contribution is -2.06. The Labute approximate surface area is 87.8 Å². The maximum atomic E-state index is 4.33. The zero-order chi connectivity index (χ0) is 10.7. The normalized spacial score (nSPS) is 10.8. The summed E-state index contributed by atoms with van der Waals surface area (Å²) in [5, 5.41) is 9.98. The Kier molecular flexibility index (Phi) is 2.77. The van der Waals surface area contributed by atoms with Crippen LogP contribution in [0.2, 0.25) is 0 Å². The summed E-state index contributed by atoms with van der Waals surface area (Å²) in [5.41, 5.74) is 0. The van der Waals surface area contributed by atoms with Crippen LogP contribution < -0.4 is 5.32 Å². The molecule has 2 heterocycles. The smallest absolute Gasteiger partial charge is 0.164 e. The molecule has 0 aliphatic carbocycles. The van der Waals surface area contributed by atoms with E-state index in [2.05, 4.69) is 25.5 Å². The molecule has 0 bridgehead atoms. The van der Waals surface area contributed by atoms with Gasteiger partial charge in [-0.2, -0.15) is 5.10 Å². The highest BCUT2D eigenvalue weighted by molar-refractivity contribution is 5.02. The van der Waals surface area contributed by atoms with E-state index in [0.29, 0.717) is 13.0 Å². The number of nitrogens with zero attached hydrogens (tertiary/aromatic N) is 4. The predicted molar refractivity (Wildman–Crippen MR) is 55.2 cm³/mol. The first-order valence-electron chi connectivity index (χ1n) is 4.80. The third kappa shape index (κ3) is 2.21. The summed E-state index contributed by atoms with van der Waals surface area (Å²) in [5.74, 6) is 2.60. The fourth-order valence-corrected chi connectivity index (χ4v) is 1.37. The van der Waals surface area contributed by atoms with Gasteiger partial charge in [-0.05, 0) is 7.05 Å². The molecule has 0 aliphatic rings. The molecule has 0 saturated heterocycles. The van der Waals surface area contributed by atoms with Crippen molar-refractivity contribution in [1.29, 1.82) is 0 Å². The number of rotatable bonds is 4. The van der Waals surface area contributed by atoms with E-state index in [0.717, 1.165) is 17.5 Å². The Hall–Kier alpha value is -1.69. The fourth-order valence-electron chi connectivity index (χ4n) is 1.37. The number of nitrogens with one attached hydrogen (secondary N) is 2. The second-order valence-electron chi connectivity index (χ2n) is 3.36. The zero-order valence-corrected chi connectivity index (χ0v) is 8.86. The van der Waals surface area contributed by atoms with Crippen LogP contribution in [0.3, 0.4) is 0 Å². The number of H-pyrrole nitrogens is 1. The van der Waals surface area contributed by atoms with Crippen LogP contribution in [0.15, 0.2) is 12.4 Å². The maximum absolute atomic E-state index is 4.33. The number of hydrogen-bond acceptors (Lipinski definition) is 4. The molecule has 0 unspecified atom stereocenters. The topological polar surface area (TPSA) is 71.4 Å².